The number of nitrogens with two attached hydrogens (primary N) is 1. The number of rotatable bonds is 4. The Labute approximate surface area is 154 Å². The molecule has 0 bridgehead atoms. The first-order valence-corrected chi connectivity index (χ1v) is 8.40. The van der Waals surface area contributed by atoms with Crippen molar-refractivity contribution < 1.29 is 9.26 Å². The summed E-state index contributed by atoms with van der Waals surface area (Å²) in [7, 11) is 0. The highest BCUT2D eigenvalue weighted by molar-refractivity contribution is 9.10. The molecule has 2 N–H and O–H groups in total. The first-order chi connectivity index (χ1) is 10.5. The molecule has 1 aliphatic rings. The minimum absolute atomic E-state index is 0. The molecule has 1 aromatic heterocycles. The molecular weight excluding hydrogens is 405 g/mol. The van der Waals surface area contributed by atoms with Crippen LogP contribution in [0.15, 0.2) is 27.2 Å². The molecule has 0 spiro atoms. The molecule has 0 radical (unpaired) electrons. The first-order valence-electron chi connectivity index (χ1n) is 7.23. The van der Waals surface area contributed by atoms with Crippen LogP contribution >= 0.6 is 39.9 Å². The lowest BCUT2D eigenvalue weighted by atomic mass is 9.99. The van der Waals surface area contributed by atoms with E-state index in [1.165, 1.54) is 0 Å². The van der Waals surface area contributed by atoms with E-state index in [9.17, 15) is 0 Å². The van der Waals surface area contributed by atoms with Crippen LogP contribution in [0.4, 0.5) is 0 Å². The lowest BCUT2D eigenvalue weighted by Crippen LogP contribution is -2.34. The van der Waals surface area contributed by atoms with Crippen LogP contribution in [0.2, 0.25) is 5.02 Å². The van der Waals surface area contributed by atoms with Crippen LogP contribution < -0.4 is 10.5 Å². The first kappa shape index (κ1) is 18.5. The summed E-state index contributed by atoms with van der Waals surface area (Å²) in [4.78, 5) is 4.44. The van der Waals surface area contributed by atoms with Crippen LogP contribution in [-0.2, 0) is 5.54 Å². The largest absolute Gasteiger partial charge is 0.480 e. The molecule has 0 amide bonds. The lowest BCUT2D eigenvalue weighted by molar-refractivity contribution is 0.174. The summed E-state index contributed by atoms with van der Waals surface area (Å²) in [6.07, 6.45) is 3.62. The van der Waals surface area contributed by atoms with E-state index in [0.29, 0.717) is 22.5 Å². The molecule has 5 nitrogen and oxygen atoms in total. The van der Waals surface area contributed by atoms with Gasteiger partial charge in [0.25, 0.3) is 5.89 Å². The zero-order valence-electron chi connectivity index (χ0n) is 12.6. The second-order valence-electron chi connectivity index (χ2n) is 5.65. The molecule has 2 aromatic rings. The quantitative estimate of drug-likeness (QED) is 0.767. The fraction of sp³-hybridized carbons (Fsp3) is 0.467. The van der Waals surface area contributed by atoms with Gasteiger partial charge in [-0.25, -0.2) is 0 Å². The minimum atomic E-state index is -0.456. The van der Waals surface area contributed by atoms with Crippen LogP contribution in [0.5, 0.6) is 5.75 Å². The molecule has 126 valence electrons. The Morgan fingerprint density at radius 1 is 1.39 bits per heavy atom. The Hall–Kier alpha value is -0.820. The molecule has 1 heterocycles. The molecule has 23 heavy (non-hydrogen) atoms. The SMILES string of the molecule is CC(Oc1ccc(Cl)cc1Br)c1nc(C2(N)CCCC2)no1.Cl. The van der Waals surface area contributed by atoms with Gasteiger partial charge in [0.15, 0.2) is 11.9 Å². The van der Waals surface area contributed by atoms with Gasteiger partial charge in [-0.3, -0.25) is 0 Å². The maximum Gasteiger partial charge on any atom is 0.267 e. The molecule has 1 atom stereocenters. The van der Waals surface area contributed by atoms with Gasteiger partial charge in [0.05, 0.1) is 10.0 Å². The number of hydrogen-bond donors (Lipinski definition) is 1. The summed E-state index contributed by atoms with van der Waals surface area (Å²) in [5.74, 6) is 1.67. The van der Waals surface area contributed by atoms with Crippen molar-refractivity contribution in [3.05, 3.63) is 39.4 Å². The highest BCUT2D eigenvalue weighted by Gasteiger charge is 2.36. The third kappa shape index (κ3) is 3.99. The van der Waals surface area contributed by atoms with E-state index in [2.05, 4.69) is 26.1 Å². The van der Waals surface area contributed by atoms with Crippen LogP contribution in [0.25, 0.3) is 0 Å². The molecule has 3 rings (SSSR count). The van der Waals surface area contributed by atoms with Crippen molar-refractivity contribution in [3.8, 4) is 5.75 Å². The Morgan fingerprint density at radius 2 is 2.09 bits per heavy atom. The maximum absolute atomic E-state index is 6.34. The highest BCUT2D eigenvalue weighted by Crippen LogP contribution is 2.36. The Morgan fingerprint density at radius 3 is 2.74 bits per heavy atom. The van der Waals surface area contributed by atoms with E-state index in [4.69, 9.17) is 26.6 Å². The summed E-state index contributed by atoms with van der Waals surface area (Å²) < 4.78 is 12.0. The normalized spacial score (nSPS) is 17.6. The van der Waals surface area contributed by atoms with Crippen molar-refractivity contribution in [3.63, 3.8) is 0 Å². The highest BCUT2D eigenvalue weighted by atomic mass is 79.9. The van der Waals surface area contributed by atoms with Gasteiger partial charge in [0.2, 0.25) is 0 Å². The summed E-state index contributed by atoms with van der Waals surface area (Å²) in [5.41, 5.74) is 5.88. The van der Waals surface area contributed by atoms with E-state index in [-0.39, 0.29) is 18.5 Å². The Bertz CT molecular complexity index is 674. The van der Waals surface area contributed by atoms with Crippen molar-refractivity contribution in [1.82, 2.24) is 10.1 Å². The molecule has 8 heteroatoms. The molecule has 0 aliphatic heterocycles. The monoisotopic (exact) mass is 421 g/mol. The van der Waals surface area contributed by atoms with E-state index < -0.39 is 5.54 Å². The molecule has 1 aromatic carbocycles. The standard InChI is InChI=1S/C15H17BrClN3O2.ClH/c1-9(21-12-5-4-10(17)8-11(12)16)13-19-14(20-22-13)15(18)6-2-3-7-15;/h4-5,8-9H,2-3,6-7,18H2,1H3;1H. The Kier molecular flexibility index (Phi) is 5.94. The minimum Gasteiger partial charge on any atom is -0.480 e. The van der Waals surface area contributed by atoms with Gasteiger partial charge >= 0.3 is 0 Å². The number of halogens is 3. The van der Waals surface area contributed by atoms with Gasteiger partial charge in [-0.15, -0.1) is 12.4 Å². The fourth-order valence-electron chi connectivity index (χ4n) is 2.64. The van der Waals surface area contributed by atoms with E-state index >= 15 is 0 Å². The zero-order valence-corrected chi connectivity index (χ0v) is 15.7. The van der Waals surface area contributed by atoms with Crippen molar-refractivity contribution in [2.24, 2.45) is 5.73 Å². The van der Waals surface area contributed by atoms with Crippen molar-refractivity contribution in [2.75, 3.05) is 0 Å². The van der Waals surface area contributed by atoms with Gasteiger partial charge in [0.1, 0.15) is 5.75 Å². The number of hydrogen-bond acceptors (Lipinski definition) is 5. The molecule has 1 saturated carbocycles. The van der Waals surface area contributed by atoms with Crippen molar-refractivity contribution >= 4 is 39.9 Å². The predicted molar refractivity (Wildman–Crippen MR) is 94.1 cm³/mol. The lowest BCUT2D eigenvalue weighted by Gasteiger charge is -2.18. The summed E-state index contributed by atoms with van der Waals surface area (Å²) in [6, 6.07) is 5.33. The number of benzene rings is 1. The van der Waals surface area contributed by atoms with E-state index in [0.717, 1.165) is 30.2 Å². The van der Waals surface area contributed by atoms with Crippen molar-refractivity contribution in [1.29, 1.82) is 0 Å². The summed E-state index contributed by atoms with van der Waals surface area (Å²) in [6.45, 7) is 1.86. The second kappa shape index (κ2) is 7.38. The van der Waals surface area contributed by atoms with Crippen LogP contribution in [0.1, 0.15) is 50.4 Å². The van der Waals surface area contributed by atoms with E-state index in [1.807, 2.05) is 6.92 Å². The van der Waals surface area contributed by atoms with Crippen LogP contribution in [-0.4, -0.2) is 10.1 Å². The molecule has 0 saturated heterocycles. The zero-order chi connectivity index (χ0) is 15.7. The molecule has 1 unspecified atom stereocenters. The van der Waals surface area contributed by atoms with Gasteiger partial charge < -0.3 is 15.0 Å². The molecular formula is C15H18BrCl2N3O2. The molecule has 1 fully saturated rings. The van der Waals surface area contributed by atoms with Gasteiger partial charge in [-0.1, -0.05) is 29.6 Å². The second-order valence-corrected chi connectivity index (χ2v) is 6.95. The number of aromatic nitrogens is 2. The summed E-state index contributed by atoms with van der Waals surface area (Å²) >= 11 is 9.34. The maximum atomic E-state index is 6.34. The van der Waals surface area contributed by atoms with Gasteiger partial charge in [0, 0.05) is 5.02 Å². The number of nitrogens with zero attached hydrogens (tertiary/aromatic N) is 2. The van der Waals surface area contributed by atoms with Crippen LogP contribution in [0, 0.1) is 0 Å². The van der Waals surface area contributed by atoms with E-state index in [1.54, 1.807) is 18.2 Å². The van der Waals surface area contributed by atoms with Crippen LogP contribution in [0.3, 0.4) is 0 Å². The smallest absolute Gasteiger partial charge is 0.267 e. The predicted octanol–water partition coefficient (Wildman–Crippen LogP) is 4.78. The third-order valence-electron chi connectivity index (χ3n) is 3.93. The Balaban J connectivity index is 0.00000192. The number of ether oxygens (including phenoxy) is 1. The molecule has 1 aliphatic carbocycles. The fourth-order valence-corrected chi connectivity index (χ4v) is 3.42. The topological polar surface area (TPSA) is 74.2 Å². The van der Waals surface area contributed by atoms with Crippen molar-refractivity contribution in [2.45, 2.75) is 44.2 Å². The average Bonchev–Trinajstić information content (AvgIpc) is 3.11. The van der Waals surface area contributed by atoms with Gasteiger partial charge in [-0.05, 0) is 53.9 Å². The summed E-state index contributed by atoms with van der Waals surface area (Å²) in [5, 5.41) is 4.68. The average molecular weight is 423 g/mol. The van der Waals surface area contributed by atoms with Gasteiger partial charge in [-0.2, -0.15) is 4.98 Å². The third-order valence-corrected chi connectivity index (χ3v) is 4.78.